The predicted octanol–water partition coefficient (Wildman–Crippen LogP) is 5.61. The van der Waals surface area contributed by atoms with Gasteiger partial charge in [-0.2, -0.15) is 4.98 Å². The van der Waals surface area contributed by atoms with E-state index in [9.17, 15) is 24.0 Å². The molecule has 5 aliphatic rings. The van der Waals surface area contributed by atoms with E-state index in [1.54, 1.807) is 16.8 Å². The first kappa shape index (κ1) is 43.7. The maximum atomic E-state index is 13.3. The number of hydrogen-bond acceptors (Lipinski definition) is 12. The highest BCUT2D eigenvalue weighted by atomic mass is 35.5. The summed E-state index contributed by atoms with van der Waals surface area (Å²) in [5.74, 6) is -0.173. The van der Waals surface area contributed by atoms with E-state index in [1.807, 2.05) is 44.2 Å². The van der Waals surface area contributed by atoms with Gasteiger partial charge in [0, 0.05) is 80.5 Å². The van der Waals surface area contributed by atoms with Crippen molar-refractivity contribution in [3.8, 4) is 5.75 Å². The van der Waals surface area contributed by atoms with Crippen LogP contribution < -0.4 is 31.1 Å². The van der Waals surface area contributed by atoms with Crippen LogP contribution in [0.5, 0.6) is 5.75 Å². The third-order valence-corrected chi connectivity index (χ3v) is 13.8. The average Bonchev–Trinajstić information content (AvgIpc) is 3.61. The van der Waals surface area contributed by atoms with E-state index in [1.165, 1.54) is 11.9 Å². The van der Waals surface area contributed by atoms with E-state index in [0.717, 1.165) is 85.9 Å². The number of amides is 4. The number of piperidine rings is 2. The fourth-order valence-electron chi connectivity index (χ4n) is 9.49. The summed E-state index contributed by atoms with van der Waals surface area (Å²) in [5, 5.41) is 9.87. The fraction of sp³-hybridized carbons (Fsp3) is 0.457. The van der Waals surface area contributed by atoms with Gasteiger partial charge in [-0.25, -0.2) is 4.98 Å². The number of halogens is 2. The number of aromatic nitrogens is 3. The molecular formula is C46H51Cl2N9O7. The Bertz CT molecular complexity index is 2620. The van der Waals surface area contributed by atoms with Crippen molar-refractivity contribution in [2.45, 2.75) is 95.7 Å². The maximum Gasteiger partial charge on any atom is 0.293 e. The lowest BCUT2D eigenvalue weighted by Gasteiger charge is -2.45. The minimum atomic E-state index is -0.676. The van der Waals surface area contributed by atoms with Crippen molar-refractivity contribution in [3.05, 3.63) is 85.8 Å². The fourth-order valence-corrected chi connectivity index (χ4v) is 9.97. The molecule has 64 heavy (non-hydrogen) atoms. The number of carbonyl (C=O) groups excluding carboxylic acids is 4. The van der Waals surface area contributed by atoms with E-state index >= 15 is 0 Å². The number of imide groups is 1. The first-order valence-corrected chi connectivity index (χ1v) is 22.7. The molecule has 336 valence electrons. The molecule has 3 N–H and O–H groups in total. The van der Waals surface area contributed by atoms with Crippen LogP contribution in [0.25, 0.3) is 16.5 Å². The Balaban J connectivity index is 0.760. The Morgan fingerprint density at radius 1 is 0.969 bits per heavy atom. The Labute approximate surface area is 380 Å². The number of hydrogen-bond donors (Lipinski definition) is 3. The Kier molecular flexibility index (Phi) is 12.4. The minimum absolute atomic E-state index is 0.0899. The summed E-state index contributed by atoms with van der Waals surface area (Å²) in [6.07, 6.45) is 9.29. The smallest absolute Gasteiger partial charge is 0.293 e. The minimum Gasteiger partial charge on any atom is -0.478 e. The van der Waals surface area contributed by atoms with Crippen molar-refractivity contribution in [1.82, 2.24) is 35.0 Å². The molecule has 2 saturated heterocycles. The molecule has 6 heterocycles. The average molecular weight is 913 g/mol. The summed E-state index contributed by atoms with van der Waals surface area (Å²) in [7, 11) is 1.51. The van der Waals surface area contributed by atoms with Crippen molar-refractivity contribution in [2.24, 2.45) is 0 Å². The summed E-state index contributed by atoms with van der Waals surface area (Å²) in [4.78, 5) is 78.1. The number of benzene rings is 2. The summed E-state index contributed by atoms with van der Waals surface area (Å²) in [6.45, 7) is 7.05. The van der Waals surface area contributed by atoms with Crippen molar-refractivity contribution in [1.29, 1.82) is 0 Å². The molecule has 0 radical (unpaired) electrons. The zero-order chi connectivity index (χ0) is 44.8. The first-order chi connectivity index (χ1) is 30.8. The van der Waals surface area contributed by atoms with Crippen molar-refractivity contribution < 1.29 is 28.7 Å². The zero-order valence-electron chi connectivity index (χ0n) is 36.0. The third-order valence-electron chi connectivity index (χ3n) is 13.1. The molecule has 2 aromatic heterocycles. The Morgan fingerprint density at radius 3 is 2.47 bits per heavy atom. The van der Waals surface area contributed by atoms with E-state index in [-0.39, 0.29) is 66.9 Å². The van der Waals surface area contributed by atoms with Gasteiger partial charge in [0.25, 0.3) is 17.4 Å². The molecule has 1 saturated carbocycles. The highest BCUT2D eigenvalue weighted by Crippen LogP contribution is 2.40. The highest BCUT2D eigenvalue weighted by molar-refractivity contribution is 6.34. The van der Waals surface area contributed by atoms with Gasteiger partial charge in [0.05, 0.1) is 28.9 Å². The van der Waals surface area contributed by atoms with Crippen LogP contribution in [0.15, 0.2) is 53.5 Å². The second-order valence-electron chi connectivity index (χ2n) is 17.4. The molecule has 3 fully saturated rings. The van der Waals surface area contributed by atoms with Gasteiger partial charge in [0.2, 0.25) is 17.8 Å². The molecule has 4 aliphatic heterocycles. The molecule has 1 aliphatic carbocycles. The lowest BCUT2D eigenvalue weighted by atomic mass is 9.85. The second kappa shape index (κ2) is 18.1. The number of fused-ring (bicyclic) bond motifs is 2. The number of carbonyl (C=O) groups is 4. The van der Waals surface area contributed by atoms with E-state index in [0.29, 0.717) is 45.5 Å². The van der Waals surface area contributed by atoms with Gasteiger partial charge in [-0.3, -0.25) is 34.2 Å². The molecule has 1 atom stereocenters. The number of rotatable bonds is 12. The van der Waals surface area contributed by atoms with Crippen LogP contribution in [0.2, 0.25) is 10.0 Å². The standard InChI is InChI=1S/C46H51Cl2N9O7/c1-25(2)57-36-7-4-28(18-27(36)19-38(45(57)62)63-24-40(59)49-3)51-42-35(47)22-50-46(53-42)55-16-12-30(13-17-55)64-31-20-29(21-31)54-14-10-26(11-15-54)32-5-6-33-34(41(32)48)23-56(44(33)61)37-8-9-39(58)52-43(37)60/h4-7,10,18-19,22,25,29-31,37H,8-9,11-17,20-21,23-24H2,1-3H3,(H,49,59)(H,50,51,53)(H,52,58,60)/t29-,31-,37?. The number of nitrogens with zero attached hydrogens (tertiary/aromatic N) is 6. The predicted molar refractivity (Wildman–Crippen MR) is 243 cm³/mol. The normalized spacial score (nSPS) is 21.8. The molecule has 0 spiro atoms. The summed E-state index contributed by atoms with van der Waals surface area (Å²) in [6, 6.07) is 10.7. The van der Waals surface area contributed by atoms with Gasteiger partial charge in [0.1, 0.15) is 11.1 Å². The van der Waals surface area contributed by atoms with Gasteiger partial charge >= 0.3 is 0 Å². The number of ether oxygens (including phenoxy) is 2. The van der Waals surface area contributed by atoms with Gasteiger partial charge in [-0.05, 0) is 93.8 Å². The van der Waals surface area contributed by atoms with Gasteiger partial charge in [-0.1, -0.05) is 35.3 Å². The molecule has 16 nitrogen and oxygen atoms in total. The molecule has 9 rings (SSSR count). The number of nitrogens with one attached hydrogen (secondary N) is 3. The van der Waals surface area contributed by atoms with Crippen LogP contribution in [-0.4, -0.2) is 112 Å². The van der Waals surface area contributed by atoms with Crippen LogP contribution in [0.4, 0.5) is 17.5 Å². The van der Waals surface area contributed by atoms with Crippen LogP contribution >= 0.6 is 23.2 Å². The number of anilines is 3. The van der Waals surface area contributed by atoms with E-state index in [2.05, 4.69) is 36.8 Å². The van der Waals surface area contributed by atoms with Crippen LogP contribution in [0, 0.1) is 0 Å². The quantitative estimate of drug-likeness (QED) is 0.150. The first-order valence-electron chi connectivity index (χ1n) is 22.0. The van der Waals surface area contributed by atoms with Crippen LogP contribution in [-0.2, 0) is 25.7 Å². The van der Waals surface area contributed by atoms with E-state index in [4.69, 9.17) is 37.7 Å². The van der Waals surface area contributed by atoms with Crippen molar-refractivity contribution in [3.63, 3.8) is 0 Å². The van der Waals surface area contributed by atoms with E-state index < -0.39 is 11.9 Å². The molecule has 18 heteroatoms. The summed E-state index contributed by atoms with van der Waals surface area (Å²) >= 11 is 13.6. The van der Waals surface area contributed by atoms with Crippen LogP contribution in [0.3, 0.4) is 0 Å². The summed E-state index contributed by atoms with van der Waals surface area (Å²) < 4.78 is 13.9. The monoisotopic (exact) mass is 911 g/mol. The largest absolute Gasteiger partial charge is 0.478 e. The maximum absolute atomic E-state index is 13.3. The van der Waals surface area contributed by atoms with Gasteiger partial charge < -0.3 is 34.5 Å². The molecule has 4 amide bonds. The second-order valence-corrected chi connectivity index (χ2v) is 18.2. The zero-order valence-corrected chi connectivity index (χ0v) is 37.5. The van der Waals surface area contributed by atoms with Gasteiger partial charge in [0.15, 0.2) is 18.2 Å². The number of likely N-dealkylation sites (N-methyl/N-ethyl adjacent to an activating group) is 1. The van der Waals surface area contributed by atoms with Gasteiger partial charge in [-0.15, -0.1) is 0 Å². The number of pyridine rings is 1. The summed E-state index contributed by atoms with van der Waals surface area (Å²) in [5.41, 5.74) is 4.49. The molecule has 4 aromatic rings. The molecule has 2 aromatic carbocycles. The topological polar surface area (TPSA) is 180 Å². The third kappa shape index (κ3) is 8.67. The highest BCUT2D eigenvalue weighted by Gasteiger charge is 2.41. The Morgan fingerprint density at radius 2 is 1.75 bits per heavy atom. The Hall–Kier alpha value is -5.55. The van der Waals surface area contributed by atoms with Crippen molar-refractivity contribution >= 4 is 80.8 Å². The molecule has 1 unspecified atom stereocenters. The van der Waals surface area contributed by atoms with Crippen LogP contribution in [0.1, 0.15) is 86.3 Å². The lowest BCUT2D eigenvalue weighted by Crippen LogP contribution is -2.52. The lowest BCUT2D eigenvalue weighted by molar-refractivity contribution is -0.137. The molecular weight excluding hydrogens is 861 g/mol. The van der Waals surface area contributed by atoms with Crippen molar-refractivity contribution in [2.75, 3.05) is 50.1 Å². The molecule has 0 bridgehead atoms. The SMILES string of the molecule is CNC(=O)COc1cc2cc(Nc3nc(N4CCC(O[C@H]5C[C@H](N6CC=C(c7ccc8c(c7Cl)CN(C7CCC(=O)NC7=O)C8=O)CC6)C5)CC4)ncc3Cl)ccc2n(C(C)C)c1=O.